The van der Waals surface area contributed by atoms with Crippen LogP contribution in [0.5, 0.6) is 0 Å². The molecule has 0 atom stereocenters. The van der Waals surface area contributed by atoms with Crippen molar-refractivity contribution in [3.05, 3.63) is 77.9 Å². The number of anilines is 1. The highest BCUT2D eigenvalue weighted by Crippen LogP contribution is 2.18. The number of carbonyl (C=O) groups excluding carboxylic acids is 1. The lowest BCUT2D eigenvalue weighted by molar-refractivity contribution is -0.120. The maximum Gasteiger partial charge on any atom is 0.242 e. The van der Waals surface area contributed by atoms with Crippen LogP contribution in [0.4, 0.5) is 5.69 Å². The fraction of sp³-hybridized carbons (Fsp3) is 0.100. The molecule has 126 valence electrons. The summed E-state index contributed by atoms with van der Waals surface area (Å²) in [5.74, 6) is -0.148. The number of benzene rings is 3. The van der Waals surface area contributed by atoms with Gasteiger partial charge in [-0.2, -0.15) is 0 Å². The van der Waals surface area contributed by atoms with E-state index in [1.54, 1.807) is 0 Å². The van der Waals surface area contributed by atoms with E-state index in [-0.39, 0.29) is 12.3 Å². The van der Waals surface area contributed by atoms with Crippen LogP contribution in [0.3, 0.4) is 0 Å². The minimum Gasteiger partial charge on any atom is -0.331 e. The van der Waals surface area contributed by atoms with Crippen LogP contribution in [0.2, 0.25) is 0 Å². The Kier molecular flexibility index (Phi) is 5.26. The first-order valence-electron chi connectivity index (χ1n) is 8.01. The molecule has 3 N–H and O–H groups in total. The molecule has 4 nitrogen and oxygen atoms in total. The first kappa shape index (κ1) is 16.9. The van der Waals surface area contributed by atoms with E-state index in [0.717, 1.165) is 27.6 Å². The topological polar surface area (TPSA) is 53.2 Å². The quantitative estimate of drug-likeness (QED) is 0.498. The number of hydrogen-bond acceptors (Lipinski definition) is 2. The number of aryl methyl sites for hydroxylation is 1. The zero-order chi connectivity index (χ0) is 17.6. The van der Waals surface area contributed by atoms with Crippen LogP contribution in [-0.2, 0) is 11.2 Å². The van der Waals surface area contributed by atoms with Gasteiger partial charge in [-0.05, 0) is 53.2 Å². The zero-order valence-electron chi connectivity index (χ0n) is 13.9. The molecule has 0 saturated heterocycles. The molecule has 0 aliphatic rings. The van der Waals surface area contributed by atoms with Gasteiger partial charge in [-0.3, -0.25) is 15.6 Å². The molecule has 0 radical (unpaired) electrons. The third-order valence-corrected chi connectivity index (χ3v) is 4.03. The Hall–Kier alpha value is -2.92. The highest BCUT2D eigenvalue weighted by atomic mass is 32.1. The van der Waals surface area contributed by atoms with E-state index < -0.39 is 0 Å². The van der Waals surface area contributed by atoms with Crippen LogP contribution < -0.4 is 16.2 Å². The number of rotatable bonds is 3. The average Bonchev–Trinajstić information content (AvgIpc) is 2.60. The predicted octanol–water partition coefficient (Wildman–Crippen LogP) is 3.71. The molecule has 0 fully saturated rings. The number of fused-ring (bicyclic) bond motifs is 1. The van der Waals surface area contributed by atoms with Gasteiger partial charge in [0, 0.05) is 5.69 Å². The second-order valence-corrected chi connectivity index (χ2v) is 6.22. The summed E-state index contributed by atoms with van der Waals surface area (Å²) < 4.78 is 0. The lowest BCUT2D eigenvalue weighted by Gasteiger charge is -2.12. The van der Waals surface area contributed by atoms with Crippen LogP contribution in [0, 0.1) is 6.92 Å². The third kappa shape index (κ3) is 4.55. The first-order chi connectivity index (χ1) is 12.1. The Labute approximate surface area is 152 Å². The Morgan fingerprint density at radius 2 is 1.72 bits per heavy atom. The fourth-order valence-corrected chi connectivity index (χ4v) is 2.84. The Morgan fingerprint density at radius 1 is 0.960 bits per heavy atom. The Balaban J connectivity index is 1.56. The van der Waals surface area contributed by atoms with Crippen LogP contribution in [0.15, 0.2) is 66.7 Å². The second kappa shape index (κ2) is 7.77. The predicted molar refractivity (Wildman–Crippen MR) is 106 cm³/mol. The van der Waals surface area contributed by atoms with Gasteiger partial charge in [-0.1, -0.05) is 54.6 Å². The molecule has 0 heterocycles. The zero-order valence-corrected chi connectivity index (χ0v) is 14.7. The normalized spacial score (nSPS) is 10.3. The summed E-state index contributed by atoms with van der Waals surface area (Å²) in [6.45, 7) is 2.01. The van der Waals surface area contributed by atoms with E-state index in [4.69, 9.17) is 12.2 Å². The number of hydrogen-bond donors (Lipinski definition) is 3. The van der Waals surface area contributed by atoms with Crippen LogP contribution in [0.1, 0.15) is 11.1 Å². The van der Waals surface area contributed by atoms with Gasteiger partial charge in [-0.25, -0.2) is 0 Å². The molecule has 0 saturated carbocycles. The minimum atomic E-state index is -0.148. The maximum atomic E-state index is 12.2. The van der Waals surface area contributed by atoms with Crippen molar-refractivity contribution in [3.63, 3.8) is 0 Å². The van der Waals surface area contributed by atoms with E-state index in [9.17, 15) is 4.79 Å². The maximum absolute atomic E-state index is 12.2. The third-order valence-electron chi connectivity index (χ3n) is 3.82. The first-order valence-corrected chi connectivity index (χ1v) is 8.42. The SMILES string of the molecule is Cc1cccc(NC(=S)NNC(=O)Cc2cccc3ccccc23)c1. The van der Waals surface area contributed by atoms with Crippen LogP contribution in [0.25, 0.3) is 10.8 Å². The summed E-state index contributed by atoms with van der Waals surface area (Å²) in [7, 11) is 0. The van der Waals surface area contributed by atoms with E-state index in [1.807, 2.05) is 73.7 Å². The summed E-state index contributed by atoms with van der Waals surface area (Å²) in [6.07, 6.45) is 0.279. The van der Waals surface area contributed by atoms with Crippen molar-refractivity contribution < 1.29 is 4.79 Å². The smallest absolute Gasteiger partial charge is 0.242 e. The average molecular weight is 349 g/mol. The molecule has 25 heavy (non-hydrogen) atoms. The highest BCUT2D eigenvalue weighted by Gasteiger charge is 2.07. The molecule has 3 aromatic rings. The molecule has 0 spiro atoms. The van der Waals surface area contributed by atoms with Gasteiger partial charge in [0.1, 0.15) is 0 Å². The number of hydrazine groups is 1. The van der Waals surface area contributed by atoms with Crippen molar-refractivity contribution in [2.45, 2.75) is 13.3 Å². The summed E-state index contributed by atoms with van der Waals surface area (Å²) in [5.41, 5.74) is 8.37. The molecule has 0 unspecified atom stereocenters. The molecule has 0 aliphatic heterocycles. The largest absolute Gasteiger partial charge is 0.331 e. The minimum absolute atomic E-state index is 0.148. The molecule has 0 bridgehead atoms. The number of carbonyl (C=O) groups is 1. The van der Waals surface area contributed by atoms with Gasteiger partial charge in [0.05, 0.1) is 6.42 Å². The molecule has 5 heteroatoms. The standard InChI is InChI=1S/C20H19N3OS/c1-14-6-4-10-17(12-14)21-20(25)23-22-19(24)13-16-9-5-8-15-7-2-3-11-18(15)16/h2-12H,13H2,1H3,(H,22,24)(H2,21,23,25). The lowest BCUT2D eigenvalue weighted by Crippen LogP contribution is -2.44. The van der Waals surface area contributed by atoms with Crippen molar-refractivity contribution in [3.8, 4) is 0 Å². The van der Waals surface area contributed by atoms with E-state index in [0.29, 0.717) is 5.11 Å². The molecule has 3 aromatic carbocycles. The van der Waals surface area contributed by atoms with Gasteiger partial charge in [0.25, 0.3) is 0 Å². The van der Waals surface area contributed by atoms with Crippen LogP contribution >= 0.6 is 12.2 Å². The summed E-state index contributed by atoms with van der Waals surface area (Å²) in [6, 6.07) is 21.8. The van der Waals surface area contributed by atoms with Crippen molar-refractivity contribution in [2.75, 3.05) is 5.32 Å². The van der Waals surface area contributed by atoms with Crippen molar-refractivity contribution in [2.24, 2.45) is 0 Å². The van der Waals surface area contributed by atoms with Crippen molar-refractivity contribution >= 4 is 39.7 Å². The van der Waals surface area contributed by atoms with Gasteiger partial charge >= 0.3 is 0 Å². The lowest BCUT2D eigenvalue weighted by atomic mass is 10.0. The summed E-state index contributed by atoms with van der Waals surface area (Å²) in [4.78, 5) is 12.2. The molecule has 1 amide bonds. The van der Waals surface area contributed by atoms with Gasteiger partial charge in [0.2, 0.25) is 5.91 Å². The fourth-order valence-electron chi connectivity index (χ4n) is 2.68. The van der Waals surface area contributed by atoms with E-state index in [1.165, 1.54) is 0 Å². The molecule has 0 aliphatic carbocycles. The van der Waals surface area contributed by atoms with E-state index >= 15 is 0 Å². The van der Waals surface area contributed by atoms with Crippen molar-refractivity contribution in [1.82, 2.24) is 10.9 Å². The van der Waals surface area contributed by atoms with Gasteiger partial charge in [-0.15, -0.1) is 0 Å². The molecule has 3 rings (SSSR count). The summed E-state index contributed by atoms with van der Waals surface area (Å²) >= 11 is 5.20. The van der Waals surface area contributed by atoms with Crippen LogP contribution in [-0.4, -0.2) is 11.0 Å². The molecule has 0 aromatic heterocycles. The number of thiocarbonyl (C=S) groups is 1. The Morgan fingerprint density at radius 3 is 2.56 bits per heavy atom. The van der Waals surface area contributed by atoms with Gasteiger partial charge in [0.15, 0.2) is 5.11 Å². The summed E-state index contributed by atoms with van der Waals surface area (Å²) in [5, 5.41) is 5.59. The van der Waals surface area contributed by atoms with Gasteiger partial charge < -0.3 is 5.32 Å². The second-order valence-electron chi connectivity index (χ2n) is 5.81. The highest BCUT2D eigenvalue weighted by molar-refractivity contribution is 7.80. The molecular formula is C20H19N3OS. The monoisotopic (exact) mass is 349 g/mol. The number of nitrogens with one attached hydrogen (secondary N) is 3. The molecular weight excluding hydrogens is 330 g/mol. The number of amides is 1. The van der Waals surface area contributed by atoms with Crippen molar-refractivity contribution in [1.29, 1.82) is 0 Å². The Bertz CT molecular complexity index is 918. The van der Waals surface area contributed by atoms with E-state index in [2.05, 4.69) is 16.2 Å².